The summed E-state index contributed by atoms with van der Waals surface area (Å²) in [5.41, 5.74) is 0.964. The smallest absolute Gasteiger partial charge is 0.261 e. The van der Waals surface area contributed by atoms with Gasteiger partial charge in [-0.25, -0.2) is 0 Å². The fraction of sp³-hybridized carbons (Fsp3) is 0.235. The molecule has 0 radical (unpaired) electrons. The lowest BCUT2D eigenvalue weighted by Gasteiger charge is -2.15. The van der Waals surface area contributed by atoms with Crippen LogP contribution in [0.2, 0.25) is 5.02 Å². The number of methoxy groups -OCH3 is 1. The molecule has 0 aliphatic rings. The lowest BCUT2D eigenvalue weighted by atomic mass is 10.2. The van der Waals surface area contributed by atoms with Crippen molar-refractivity contribution in [3.05, 3.63) is 59.1 Å². The van der Waals surface area contributed by atoms with Gasteiger partial charge in [-0.2, -0.15) is 0 Å². The van der Waals surface area contributed by atoms with Crippen LogP contribution in [0, 0.1) is 0 Å². The van der Waals surface area contributed by atoms with Crippen LogP contribution in [0.3, 0.4) is 0 Å². The summed E-state index contributed by atoms with van der Waals surface area (Å²) in [5, 5.41) is 3.46. The largest absolute Gasteiger partial charge is 0.497 e. The summed E-state index contributed by atoms with van der Waals surface area (Å²) < 4.78 is 10.7. The molecular formula is C17H18ClNO3. The van der Waals surface area contributed by atoms with Crippen molar-refractivity contribution < 1.29 is 14.3 Å². The van der Waals surface area contributed by atoms with E-state index in [-0.39, 0.29) is 5.91 Å². The van der Waals surface area contributed by atoms with Crippen molar-refractivity contribution in [2.24, 2.45) is 0 Å². The summed E-state index contributed by atoms with van der Waals surface area (Å²) in [6.45, 7) is 2.12. The quantitative estimate of drug-likeness (QED) is 0.887. The number of halogens is 1. The maximum absolute atomic E-state index is 12.0. The summed E-state index contributed by atoms with van der Waals surface area (Å²) in [6.07, 6.45) is -0.591. The van der Waals surface area contributed by atoms with E-state index in [9.17, 15) is 4.79 Å². The van der Waals surface area contributed by atoms with E-state index >= 15 is 0 Å². The molecule has 0 saturated heterocycles. The average Bonchev–Trinajstić information content (AvgIpc) is 2.54. The zero-order valence-corrected chi connectivity index (χ0v) is 13.3. The molecule has 1 amide bonds. The second kappa shape index (κ2) is 7.71. The van der Waals surface area contributed by atoms with E-state index in [0.29, 0.717) is 17.3 Å². The molecule has 0 saturated carbocycles. The Balaban J connectivity index is 1.86. The van der Waals surface area contributed by atoms with Crippen LogP contribution in [-0.4, -0.2) is 19.1 Å². The van der Waals surface area contributed by atoms with E-state index in [1.807, 2.05) is 24.3 Å². The van der Waals surface area contributed by atoms with E-state index in [0.717, 1.165) is 11.3 Å². The van der Waals surface area contributed by atoms with Gasteiger partial charge in [-0.15, -0.1) is 0 Å². The van der Waals surface area contributed by atoms with Crippen molar-refractivity contribution >= 4 is 17.5 Å². The number of hydrogen-bond acceptors (Lipinski definition) is 3. The molecule has 0 aliphatic heterocycles. The van der Waals surface area contributed by atoms with Crippen molar-refractivity contribution in [1.29, 1.82) is 0 Å². The number of carbonyl (C=O) groups is 1. The standard InChI is InChI=1S/C17H18ClNO3/c1-12(22-15-8-6-14(18)7-9-15)17(20)19-11-13-4-3-5-16(10-13)21-2/h3-10,12H,11H2,1-2H3,(H,19,20)/t12-/m0/s1. The van der Waals surface area contributed by atoms with Gasteiger partial charge in [0.15, 0.2) is 6.10 Å². The molecule has 0 spiro atoms. The first-order valence-corrected chi connectivity index (χ1v) is 7.29. The summed E-state index contributed by atoms with van der Waals surface area (Å²) in [7, 11) is 1.61. The molecule has 0 unspecified atom stereocenters. The third kappa shape index (κ3) is 4.67. The van der Waals surface area contributed by atoms with E-state index < -0.39 is 6.10 Å². The Morgan fingerprint density at radius 2 is 1.91 bits per heavy atom. The highest BCUT2D eigenvalue weighted by atomic mass is 35.5. The lowest BCUT2D eigenvalue weighted by Crippen LogP contribution is -2.35. The third-order valence-electron chi connectivity index (χ3n) is 3.10. The minimum Gasteiger partial charge on any atom is -0.497 e. The molecule has 2 aromatic rings. The van der Waals surface area contributed by atoms with Crippen molar-refractivity contribution in [3.63, 3.8) is 0 Å². The molecular weight excluding hydrogens is 302 g/mol. The Kier molecular flexibility index (Phi) is 5.67. The highest BCUT2D eigenvalue weighted by Gasteiger charge is 2.14. The summed E-state index contributed by atoms with van der Waals surface area (Å²) >= 11 is 5.81. The molecule has 0 fully saturated rings. The van der Waals surface area contributed by atoms with Gasteiger partial charge in [0.2, 0.25) is 0 Å². The normalized spacial score (nSPS) is 11.6. The lowest BCUT2D eigenvalue weighted by molar-refractivity contribution is -0.127. The number of hydrogen-bond donors (Lipinski definition) is 1. The van der Waals surface area contributed by atoms with Crippen molar-refractivity contribution in [2.45, 2.75) is 19.6 Å². The fourth-order valence-corrected chi connectivity index (χ4v) is 2.01. The van der Waals surface area contributed by atoms with Crippen LogP contribution in [0.5, 0.6) is 11.5 Å². The zero-order chi connectivity index (χ0) is 15.9. The number of rotatable bonds is 6. The van der Waals surface area contributed by atoms with Gasteiger partial charge in [0.25, 0.3) is 5.91 Å². The highest BCUT2D eigenvalue weighted by molar-refractivity contribution is 6.30. The molecule has 1 atom stereocenters. The Labute approximate surface area is 135 Å². The van der Waals surface area contributed by atoms with Gasteiger partial charge in [0.1, 0.15) is 11.5 Å². The Hall–Kier alpha value is -2.20. The first kappa shape index (κ1) is 16.2. The average molecular weight is 320 g/mol. The predicted octanol–water partition coefficient (Wildman–Crippen LogP) is 3.43. The van der Waals surface area contributed by atoms with Crippen LogP contribution in [0.1, 0.15) is 12.5 Å². The van der Waals surface area contributed by atoms with E-state index in [1.165, 1.54) is 0 Å². The van der Waals surface area contributed by atoms with Gasteiger partial charge >= 0.3 is 0 Å². The number of nitrogens with one attached hydrogen (secondary N) is 1. The maximum atomic E-state index is 12.0. The molecule has 0 aliphatic carbocycles. The van der Waals surface area contributed by atoms with Gasteiger partial charge in [-0.3, -0.25) is 4.79 Å². The topological polar surface area (TPSA) is 47.6 Å². The van der Waals surface area contributed by atoms with Crippen molar-refractivity contribution in [3.8, 4) is 11.5 Å². The summed E-state index contributed by atoms with van der Waals surface area (Å²) in [6, 6.07) is 14.4. The first-order chi connectivity index (χ1) is 10.6. The second-order valence-electron chi connectivity index (χ2n) is 4.78. The summed E-state index contributed by atoms with van der Waals surface area (Å²) in [4.78, 5) is 12.0. The molecule has 22 heavy (non-hydrogen) atoms. The highest BCUT2D eigenvalue weighted by Crippen LogP contribution is 2.17. The second-order valence-corrected chi connectivity index (χ2v) is 5.22. The number of ether oxygens (including phenoxy) is 2. The van der Waals surface area contributed by atoms with Crippen LogP contribution in [0.4, 0.5) is 0 Å². The number of amides is 1. The minimum absolute atomic E-state index is 0.183. The minimum atomic E-state index is -0.591. The molecule has 2 rings (SSSR count). The molecule has 5 heteroatoms. The Morgan fingerprint density at radius 1 is 1.18 bits per heavy atom. The van der Waals surface area contributed by atoms with Crippen LogP contribution in [0.25, 0.3) is 0 Å². The van der Waals surface area contributed by atoms with Crippen LogP contribution >= 0.6 is 11.6 Å². The molecule has 4 nitrogen and oxygen atoms in total. The number of benzene rings is 2. The molecule has 0 bridgehead atoms. The SMILES string of the molecule is COc1cccc(CNC(=O)[C@H](C)Oc2ccc(Cl)cc2)c1. The van der Waals surface area contributed by atoms with Gasteiger partial charge in [-0.05, 0) is 48.9 Å². The molecule has 2 aromatic carbocycles. The predicted molar refractivity (Wildman–Crippen MR) is 86.4 cm³/mol. The van der Waals surface area contributed by atoms with E-state index in [4.69, 9.17) is 21.1 Å². The van der Waals surface area contributed by atoms with Crippen molar-refractivity contribution in [1.82, 2.24) is 5.32 Å². The van der Waals surface area contributed by atoms with Gasteiger partial charge in [0, 0.05) is 11.6 Å². The van der Waals surface area contributed by atoms with Gasteiger partial charge < -0.3 is 14.8 Å². The van der Waals surface area contributed by atoms with Crippen LogP contribution < -0.4 is 14.8 Å². The van der Waals surface area contributed by atoms with Crippen LogP contribution in [0.15, 0.2) is 48.5 Å². The molecule has 0 heterocycles. The van der Waals surface area contributed by atoms with E-state index in [1.54, 1.807) is 38.3 Å². The summed E-state index contributed by atoms with van der Waals surface area (Å²) in [5.74, 6) is 1.18. The molecule has 116 valence electrons. The molecule has 1 N–H and O–H groups in total. The van der Waals surface area contributed by atoms with Gasteiger partial charge in [-0.1, -0.05) is 23.7 Å². The Morgan fingerprint density at radius 3 is 2.59 bits per heavy atom. The van der Waals surface area contributed by atoms with E-state index in [2.05, 4.69) is 5.32 Å². The Bertz CT molecular complexity index is 628. The monoisotopic (exact) mass is 319 g/mol. The molecule has 0 aromatic heterocycles. The maximum Gasteiger partial charge on any atom is 0.261 e. The third-order valence-corrected chi connectivity index (χ3v) is 3.35. The number of carbonyl (C=O) groups excluding carboxylic acids is 1. The van der Waals surface area contributed by atoms with Gasteiger partial charge in [0.05, 0.1) is 7.11 Å². The fourth-order valence-electron chi connectivity index (χ4n) is 1.89. The first-order valence-electron chi connectivity index (χ1n) is 6.91. The van der Waals surface area contributed by atoms with Crippen molar-refractivity contribution in [2.75, 3.05) is 7.11 Å². The van der Waals surface area contributed by atoms with Crippen LogP contribution in [-0.2, 0) is 11.3 Å². The zero-order valence-electron chi connectivity index (χ0n) is 12.5.